The van der Waals surface area contributed by atoms with Crippen LogP contribution < -0.4 is 10.8 Å². The van der Waals surface area contributed by atoms with E-state index in [0.717, 1.165) is 29.7 Å². The standard InChI is InChI=1S/C51H86N6O14/c1-13-39-51(10,64)44(60)33(6)52-26-29(2)24-49(8,63)46(31(4)43(32(5)47(62)69-39)70-41-25-50(9,66-12)45(61)34(7)68-41)71-48-42(59)38(23-30(3)67-48)56(11)27-35-18-20-36(21-19-35)37-28-57(55-53-37)22-16-14-15-17-40(58)54-65/h18-21,28-34,38-39,41-46,48,52,59-61,63-65H,13-17,22-27H2,1-12H3,(H,54,58)/t29-,30-,31+,32-,33-,34+,38+,39-,41+,42-,43+,44-,45+,46-,48+,49-,50-,51-/m1/s1. The van der Waals surface area contributed by atoms with Crippen LogP contribution in [0.5, 0.6) is 0 Å². The van der Waals surface area contributed by atoms with Crippen LogP contribution in [0.1, 0.15) is 126 Å². The van der Waals surface area contributed by atoms with Gasteiger partial charge in [0, 0.05) is 56.6 Å². The molecule has 3 fully saturated rings. The van der Waals surface area contributed by atoms with Crippen LogP contribution in [-0.2, 0) is 51.1 Å². The van der Waals surface area contributed by atoms with Crippen LogP contribution in [0.25, 0.3) is 11.3 Å². The van der Waals surface area contributed by atoms with E-state index in [-0.39, 0.29) is 37.7 Å². The highest BCUT2D eigenvalue weighted by Crippen LogP contribution is 2.40. The number of aryl methyl sites for hydroxylation is 1. The third kappa shape index (κ3) is 14.8. The summed E-state index contributed by atoms with van der Waals surface area (Å²) in [5.74, 6) is -3.22. The van der Waals surface area contributed by atoms with Gasteiger partial charge < -0.3 is 59.3 Å². The van der Waals surface area contributed by atoms with Crippen molar-refractivity contribution in [3.63, 3.8) is 0 Å². The van der Waals surface area contributed by atoms with E-state index < -0.39 is 108 Å². The number of nitrogens with zero attached hydrogens (tertiary/aromatic N) is 4. The van der Waals surface area contributed by atoms with E-state index in [2.05, 4.69) is 20.5 Å². The fourth-order valence-corrected chi connectivity index (χ4v) is 10.8. The average molecular weight is 1010 g/mol. The van der Waals surface area contributed by atoms with E-state index in [9.17, 15) is 35.1 Å². The number of hydrogen-bond donors (Lipinski definition) is 8. The number of cyclic esters (lactones) is 1. The molecule has 0 bridgehead atoms. The van der Waals surface area contributed by atoms with Gasteiger partial charge >= 0.3 is 5.97 Å². The first-order valence-electron chi connectivity index (χ1n) is 25.6. The molecule has 0 spiro atoms. The fourth-order valence-electron chi connectivity index (χ4n) is 10.8. The molecule has 3 aliphatic rings. The molecule has 0 radical (unpaired) electrons. The van der Waals surface area contributed by atoms with Gasteiger partial charge in [0.25, 0.3) is 0 Å². The van der Waals surface area contributed by atoms with Gasteiger partial charge in [-0.05, 0) is 106 Å². The number of benzene rings is 1. The monoisotopic (exact) mass is 1010 g/mol. The van der Waals surface area contributed by atoms with E-state index in [4.69, 9.17) is 33.6 Å². The predicted molar refractivity (Wildman–Crippen MR) is 261 cm³/mol. The minimum Gasteiger partial charge on any atom is -0.459 e. The molecule has 404 valence electrons. The highest BCUT2D eigenvalue weighted by Gasteiger charge is 2.52. The van der Waals surface area contributed by atoms with Crippen LogP contribution in [0.15, 0.2) is 30.5 Å². The number of amides is 1. The Morgan fingerprint density at radius 1 is 0.972 bits per heavy atom. The number of aromatic nitrogens is 3. The maximum absolute atomic E-state index is 14.4. The van der Waals surface area contributed by atoms with Crippen molar-refractivity contribution in [1.82, 2.24) is 30.7 Å². The van der Waals surface area contributed by atoms with Gasteiger partial charge in [-0.3, -0.25) is 24.4 Å². The van der Waals surface area contributed by atoms with Gasteiger partial charge in [0.1, 0.15) is 35.7 Å². The average Bonchev–Trinajstić information content (AvgIpc) is 3.80. The molecule has 1 aromatic carbocycles. The zero-order chi connectivity index (χ0) is 52.6. The molecule has 3 aliphatic heterocycles. The van der Waals surface area contributed by atoms with Crippen molar-refractivity contribution in [2.24, 2.45) is 17.8 Å². The number of nitrogens with one attached hydrogen (secondary N) is 2. The summed E-state index contributed by atoms with van der Waals surface area (Å²) in [5.41, 5.74) is -0.284. The SMILES string of the molecule is CC[C@H]1OC(=O)[C@H](C)[C@@H](O[C@H]2C[C@@](C)(OC)[C@@H](O)[C@H](C)O2)[C@H](C)[C@@H](O[C@@H]2O[C@H](C)C[C@H](N(C)Cc3ccc(-c4cn(CCCCCC(=O)NO)nn4)cc3)[C@H]2O)[C@](C)(O)C[C@@H](C)CN[C@H](C)[C@@H](O)[C@]1(C)O. The second kappa shape index (κ2) is 25.3. The maximum atomic E-state index is 14.4. The number of rotatable bonds is 16. The Morgan fingerprint density at radius 2 is 1.66 bits per heavy atom. The zero-order valence-electron chi connectivity index (χ0n) is 44.1. The zero-order valence-corrected chi connectivity index (χ0v) is 44.1. The number of hydrogen-bond acceptors (Lipinski definition) is 18. The van der Waals surface area contributed by atoms with E-state index in [0.29, 0.717) is 32.5 Å². The van der Waals surface area contributed by atoms with Crippen LogP contribution in [-0.4, -0.2) is 174 Å². The number of aliphatic hydroxyl groups excluding tert-OH is 3. The Labute approximate surface area is 420 Å². The maximum Gasteiger partial charge on any atom is 0.311 e. The summed E-state index contributed by atoms with van der Waals surface area (Å²) < 4.78 is 40.0. The minimum absolute atomic E-state index is 0.0964. The number of hydroxylamine groups is 1. The molecule has 0 saturated carbocycles. The number of ether oxygens (including phenoxy) is 6. The summed E-state index contributed by atoms with van der Waals surface area (Å²) in [6.07, 6.45) is -4.74. The lowest BCUT2D eigenvalue weighted by molar-refractivity contribution is -0.318. The molecule has 0 unspecified atom stereocenters. The third-order valence-corrected chi connectivity index (χ3v) is 15.3. The molecule has 4 heterocycles. The van der Waals surface area contributed by atoms with Gasteiger partial charge in [-0.1, -0.05) is 56.7 Å². The molecule has 20 heteroatoms. The molecule has 20 nitrogen and oxygen atoms in total. The summed E-state index contributed by atoms with van der Waals surface area (Å²) in [6.45, 7) is 18.9. The van der Waals surface area contributed by atoms with E-state index in [1.807, 2.05) is 58.3 Å². The Balaban J connectivity index is 1.40. The van der Waals surface area contributed by atoms with Gasteiger partial charge in [0.2, 0.25) is 5.91 Å². The topological polar surface area (TPSA) is 269 Å². The first kappa shape index (κ1) is 58.7. The smallest absolute Gasteiger partial charge is 0.311 e. The lowest BCUT2D eigenvalue weighted by Gasteiger charge is -2.49. The van der Waals surface area contributed by atoms with Gasteiger partial charge in [-0.25, -0.2) is 5.48 Å². The summed E-state index contributed by atoms with van der Waals surface area (Å²) in [6, 6.07) is 6.92. The third-order valence-electron chi connectivity index (χ3n) is 15.3. The van der Waals surface area contributed by atoms with Crippen molar-refractivity contribution in [1.29, 1.82) is 0 Å². The number of likely N-dealkylation sites (N-methyl/N-ethyl adjacent to an activating group) is 1. The van der Waals surface area contributed by atoms with Crippen molar-refractivity contribution in [3.05, 3.63) is 36.0 Å². The summed E-state index contributed by atoms with van der Waals surface area (Å²) in [5, 5.41) is 79.9. The lowest BCUT2D eigenvalue weighted by atomic mass is 9.77. The first-order valence-corrected chi connectivity index (χ1v) is 25.6. The van der Waals surface area contributed by atoms with Crippen LogP contribution in [0.3, 0.4) is 0 Å². The minimum atomic E-state index is -1.84. The normalized spacial score (nSPS) is 39.1. The van der Waals surface area contributed by atoms with Crippen LogP contribution >= 0.6 is 0 Å². The fraction of sp³-hybridized carbons (Fsp3) is 0.804. The van der Waals surface area contributed by atoms with Crippen molar-refractivity contribution < 1.29 is 68.8 Å². The molecule has 8 N–H and O–H groups in total. The Hall–Kier alpha value is -3.22. The second-order valence-corrected chi connectivity index (χ2v) is 21.5. The van der Waals surface area contributed by atoms with Gasteiger partial charge in [0.05, 0.1) is 47.7 Å². The highest BCUT2D eigenvalue weighted by atomic mass is 16.7. The molecular weight excluding hydrogens is 921 g/mol. The number of unbranched alkanes of at least 4 members (excludes halogenated alkanes) is 2. The molecule has 2 aromatic rings. The molecule has 71 heavy (non-hydrogen) atoms. The number of carbonyl (C=O) groups excluding carboxylic acids is 2. The molecule has 0 aliphatic carbocycles. The number of aliphatic hydroxyl groups is 5. The van der Waals surface area contributed by atoms with Crippen LogP contribution in [0.2, 0.25) is 0 Å². The molecular formula is C51H86N6O14. The van der Waals surface area contributed by atoms with Gasteiger partial charge in [0.15, 0.2) is 12.6 Å². The van der Waals surface area contributed by atoms with Gasteiger partial charge in [-0.15, -0.1) is 5.10 Å². The van der Waals surface area contributed by atoms with E-state index in [1.54, 1.807) is 51.7 Å². The summed E-state index contributed by atoms with van der Waals surface area (Å²) in [4.78, 5) is 27.8. The molecule has 3 saturated heterocycles. The summed E-state index contributed by atoms with van der Waals surface area (Å²) >= 11 is 0. The van der Waals surface area contributed by atoms with Gasteiger partial charge in [-0.2, -0.15) is 0 Å². The van der Waals surface area contributed by atoms with Crippen LogP contribution in [0.4, 0.5) is 0 Å². The Bertz CT molecular complexity index is 1970. The quantitative estimate of drug-likeness (QED) is 0.0518. The molecule has 5 rings (SSSR count). The Kier molecular flexibility index (Phi) is 20.9. The Morgan fingerprint density at radius 3 is 2.31 bits per heavy atom. The molecule has 1 amide bonds. The van der Waals surface area contributed by atoms with Crippen molar-refractivity contribution in [2.75, 3.05) is 20.7 Å². The van der Waals surface area contributed by atoms with Crippen molar-refractivity contribution in [2.45, 2.75) is 224 Å². The van der Waals surface area contributed by atoms with Crippen molar-refractivity contribution in [3.8, 4) is 11.3 Å². The largest absolute Gasteiger partial charge is 0.459 e. The number of methoxy groups -OCH3 is 1. The lowest BCUT2D eigenvalue weighted by Crippen LogP contribution is -2.60. The highest BCUT2D eigenvalue weighted by molar-refractivity contribution is 5.74. The second-order valence-electron chi connectivity index (χ2n) is 21.5. The summed E-state index contributed by atoms with van der Waals surface area (Å²) in [7, 11) is 3.43. The number of esters is 1. The molecule has 18 atom stereocenters. The van der Waals surface area contributed by atoms with Crippen LogP contribution in [0, 0.1) is 17.8 Å². The van der Waals surface area contributed by atoms with E-state index in [1.165, 1.54) is 14.0 Å². The predicted octanol–water partition coefficient (Wildman–Crippen LogP) is 3.45. The van der Waals surface area contributed by atoms with E-state index >= 15 is 0 Å². The first-order chi connectivity index (χ1) is 33.3. The number of carbonyl (C=O) groups is 2. The van der Waals surface area contributed by atoms with Crippen molar-refractivity contribution >= 4 is 11.9 Å². The molecule has 1 aromatic heterocycles.